The van der Waals surface area contributed by atoms with Crippen LogP contribution in [0.4, 0.5) is 4.39 Å². The third kappa shape index (κ3) is 3.50. The van der Waals surface area contributed by atoms with Gasteiger partial charge in [-0.15, -0.1) is 0 Å². The van der Waals surface area contributed by atoms with E-state index in [1.54, 1.807) is 6.92 Å². The fourth-order valence-corrected chi connectivity index (χ4v) is 1.79. The molecular weight excluding hydrogens is 255 g/mol. The Bertz CT molecular complexity index is 423. The first kappa shape index (κ1) is 13.0. The van der Waals surface area contributed by atoms with E-state index in [-0.39, 0.29) is 11.6 Å². The van der Waals surface area contributed by atoms with Crippen molar-refractivity contribution in [2.45, 2.75) is 11.8 Å². The van der Waals surface area contributed by atoms with Gasteiger partial charge < -0.3 is 4.74 Å². The number of rotatable bonds is 2. The summed E-state index contributed by atoms with van der Waals surface area (Å²) in [5.41, 5.74) is 0. The van der Waals surface area contributed by atoms with E-state index in [1.807, 2.05) is 0 Å². The fourth-order valence-electron chi connectivity index (χ4n) is 0.879. The molecule has 0 aliphatic rings. The molecule has 0 unspecified atom stereocenters. The number of halogens is 2. The minimum atomic E-state index is -0.923. The first-order valence-electron chi connectivity index (χ1n) is 4.38. The summed E-state index contributed by atoms with van der Waals surface area (Å²) >= 11 is 6.17. The van der Waals surface area contributed by atoms with Crippen molar-refractivity contribution in [2.75, 3.05) is 6.61 Å². The van der Waals surface area contributed by atoms with Crippen molar-refractivity contribution < 1.29 is 18.7 Å². The van der Waals surface area contributed by atoms with Crippen molar-refractivity contribution in [3.8, 4) is 0 Å². The van der Waals surface area contributed by atoms with Gasteiger partial charge in [-0.2, -0.15) is 0 Å². The SMILES string of the molecule is CCOC(=O)C(=O)Sc1ccc(F)c(Cl)c1. The monoisotopic (exact) mass is 262 g/mol. The average Bonchev–Trinajstić information content (AvgIpc) is 2.24. The Balaban J connectivity index is 2.70. The summed E-state index contributed by atoms with van der Waals surface area (Å²) in [7, 11) is 0. The molecule has 0 saturated carbocycles. The predicted molar refractivity (Wildman–Crippen MR) is 58.9 cm³/mol. The molecule has 0 spiro atoms. The molecule has 0 atom stereocenters. The molecule has 0 aromatic heterocycles. The van der Waals surface area contributed by atoms with E-state index >= 15 is 0 Å². The Morgan fingerprint density at radius 2 is 2.19 bits per heavy atom. The summed E-state index contributed by atoms with van der Waals surface area (Å²) in [6.45, 7) is 1.74. The lowest BCUT2D eigenvalue weighted by molar-refractivity contribution is -0.149. The minimum absolute atomic E-state index is 0.0957. The Labute approximate surface area is 101 Å². The van der Waals surface area contributed by atoms with E-state index < -0.39 is 16.9 Å². The van der Waals surface area contributed by atoms with Crippen LogP contribution in [-0.4, -0.2) is 17.7 Å². The number of hydrogen-bond acceptors (Lipinski definition) is 4. The number of hydrogen-bond donors (Lipinski definition) is 0. The van der Waals surface area contributed by atoms with Crippen LogP contribution in [0.25, 0.3) is 0 Å². The molecule has 86 valence electrons. The van der Waals surface area contributed by atoms with Crippen LogP contribution in [0.1, 0.15) is 6.92 Å². The first-order chi connectivity index (χ1) is 7.54. The van der Waals surface area contributed by atoms with Crippen molar-refractivity contribution in [2.24, 2.45) is 0 Å². The molecule has 16 heavy (non-hydrogen) atoms. The lowest BCUT2D eigenvalue weighted by Gasteiger charge is -2.01. The van der Waals surface area contributed by atoms with Crippen LogP contribution in [0.3, 0.4) is 0 Å². The summed E-state index contributed by atoms with van der Waals surface area (Å²) in [5, 5.41) is -0.855. The lowest BCUT2D eigenvalue weighted by atomic mass is 10.3. The molecular formula is C10H8ClFO3S. The van der Waals surface area contributed by atoms with Gasteiger partial charge in [0.1, 0.15) is 5.82 Å². The number of carbonyl (C=O) groups excluding carboxylic acids is 2. The molecule has 3 nitrogen and oxygen atoms in total. The highest BCUT2D eigenvalue weighted by Crippen LogP contribution is 2.24. The van der Waals surface area contributed by atoms with Gasteiger partial charge in [0.2, 0.25) is 0 Å². The van der Waals surface area contributed by atoms with Crippen LogP contribution < -0.4 is 0 Å². The van der Waals surface area contributed by atoms with Gasteiger partial charge in [0.05, 0.1) is 11.6 Å². The molecule has 0 N–H and O–H groups in total. The van der Waals surface area contributed by atoms with E-state index in [4.69, 9.17) is 11.6 Å². The first-order valence-corrected chi connectivity index (χ1v) is 5.58. The molecule has 0 heterocycles. The third-order valence-corrected chi connectivity index (χ3v) is 2.68. The van der Waals surface area contributed by atoms with E-state index in [0.29, 0.717) is 16.7 Å². The molecule has 0 aliphatic heterocycles. The van der Waals surface area contributed by atoms with Crippen molar-refractivity contribution >= 4 is 34.4 Å². The maximum absolute atomic E-state index is 12.8. The van der Waals surface area contributed by atoms with Gasteiger partial charge in [-0.1, -0.05) is 11.6 Å². The van der Waals surface area contributed by atoms with Gasteiger partial charge in [-0.25, -0.2) is 9.18 Å². The van der Waals surface area contributed by atoms with E-state index in [2.05, 4.69) is 4.74 Å². The minimum Gasteiger partial charge on any atom is -0.460 e. The van der Waals surface area contributed by atoms with Crippen LogP contribution in [-0.2, 0) is 14.3 Å². The number of thioether (sulfide) groups is 1. The second-order valence-electron chi connectivity index (χ2n) is 2.69. The van der Waals surface area contributed by atoms with Gasteiger partial charge in [-0.05, 0) is 36.9 Å². The topological polar surface area (TPSA) is 43.4 Å². The molecule has 1 aromatic carbocycles. The zero-order valence-electron chi connectivity index (χ0n) is 8.33. The van der Waals surface area contributed by atoms with E-state index in [0.717, 1.165) is 6.07 Å². The van der Waals surface area contributed by atoms with Crippen LogP contribution in [0, 0.1) is 5.82 Å². The highest BCUT2D eigenvalue weighted by molar-refractivity contribution is 8.15. The van der Waals surface area contributed by atoms with Crippen LogP contribution >= 0.6 is 23.4 Å². The second-order valence-corrected chi connectivity index (χ2v) is 4.14. The van der Waals surface area contributed by atoms with Crippen molar-refractivity contribution in [1.82, 2.24) is 0 Å². The molecule has 1 rings (SSSR count). The van der Waals surface area contributed by atoms with Crippen LogP contribution in [0.15, 0.2) is 23.1 Å². The maximum atomic E-state index is 12.8. The predicted octanol–water partition coefficient (Wildman–Crippen LogP) is 2.66. The summed E-state index contributed by atoms with van der Waals surface area (Å²) in [5.74, 6) is -1.50. The van der Waals surface area contributed by atoms with Gasteiger partial charge in [0.25, 0.3) is 0 Å². The zero-order chi connectivity index (χ0) is 12.1. The van der Waals surface area contributed by atoms with Crippen LogP contribution in [0.5, 0.6) is 0 Å². The van der Waals surface area contributed by atoms with Gasteiger partial charge in [0.15, 0.2) is 0 Å². The number of carbonyl (C=O) groups is 2. The normalized spacial score (nSPS) is 9.94. The second kappa shape index (κ2) is 5.86. The Morgan fingerprint density at radius 1 is 1.50 bits per heavy atom. The molecule has 0 bridgehead atoms. The highest BCUT2D eigenvalue weighted by Gasteiger charge is 2.16. The van der Waals surface area contributed by atoms with E-state index in [9.17, 15) is 14.0 Å². The lowest BCUT2D eigenvalue weighted by Crippen LogP contribution is -2.13. The summed E-state index contributed by atoms with van der Waals surface area (Å²) < 4.78 is 17.3. The van der Waals surface area contributed by atoms with Crippen LogP contribution in [0.2, 0.25) is 5.02 Å². The number of ether oxygens (including phenoxy) is 1. The third-order valence-electron chi connectivity index (χ3n) is 1.54. The molecule has 0 amide bonds. The molecule has 1 aromatic rings. The van der Waals surface area contributed by atoms with Gasteiger partial charge in [-0.3, -0.25) is 4.79 Å². The Kier molecular flexibility index (Phi) is 4.76. The number of esters is 1. The smallest absolute Gasteiger partial charge is 0.386 e. The van der Waals surface area contributed by atoms with Gasteiger partial charge >= 0.3 is 11.1 Å². The molecule has 0 aliphatic carbocycles. The largest absolute Gasteiger partial charge is 0.460 e. The standard InChI is InChI=1S/C10H8ClFO3S/c1-2-15-9(13)10(14)16-6-3-4-8(12)7(11)5-6/h3-5H,2H2,1H3. The summed E-state index contributed by atoms with van der Waals surface area (Å²) in [4.78, 5) is 22.6. The maximum Gasteiger partial charge on any atom is 0.386 e. The van der Waals surface area contributed by atoms with Crippen molar-refractivity contribution in [1.29, 1.82) is 0 Å². The van der Waals surface area contributed by atoms with Crippen molar-refractivity contribution in [3.63, 3.8) is 0 Å². The Morgan fingerprint density at radius 3 is 2.75 bits per heavy atom. The average molecular weight is 263 g/mol. The highest BCUT2D eigenvalue weighted by atomic mass is 35.5. The quantitative estimate of drug-likeness (QED) is 0.467. The number of benzene rings is 1. The van der Waals surface area contributed by atoms with Gasteiger partial charge in [0, 0.05) is 4.90 Å². The summed E-state index contributed by atoms with van der Waals surface area (Å²) in [6.07, 6.45) is 0. The zero-order valence-corrected chi connectivity index (χ0v) is 9.90. The van der Waals surface area contributed by atoms with Crippen molar-refractivity contribution in [3.05, 3.63) is 29.0 Å². The molecule has 6 heteroatoms. The summed E-state index contributed by atoms with van der Waals surface area (Å²) in [6, 6.07) is 3.77. The molecule has 0 fully saturated rings. The fraction of sp³-hybridized carbons (Fsp3) is 0.200. The molecule has 0 radical (unpaired) electrons. The molecule has 0 saturated heterocycles. The van der Waals surface area contributed by atoms with E-state index in [1.165, 1.54) is 12.1 Å². The Hall–Kier alpha value is -1.07.